The molecule has 9 heteroatoms. The van der Waals surface area contributed by atoms with E-state index in [9.17, 15) is 4.79 Å². The number of nitrogens with zero attached hydrogens (tertiary/aromatic N) is 5. The standard InChI is InChI=1S/C26H32N6O3/c1-17-14-32-16-23(29-25(32)19(3)28-17)22-12-20-4-5-21(13-24(20)35-26(22)33)31-8-7-30(18(2)15-31)9-11-34-10-6-27/h4-5,12-14,16,18H,6-11,15,27H2,1-3H3/t18-/m0/s1. The number of hydrogen-bond acceptors (Lipinski definition) is 8. The maximum absolute atomic E-state index is 12.9. The molecule has 0 saturated carbocycles. The maximum atomic E-state index is 12.9. The van der Waals surface area contributed by atoms with E-state index in [1.807, 2.05) is 48.8 Å². The first-order chi connectivity index (χ1) is 16.9. The molecule has 9 nitrogen and oxygen atoms in total. The van der Waals surface area contributed by atoms with Crippen LogP contribution in [0.3, 0.4) is 0 Å². The summed E-state index contributed by atoms with van der Waals surface area (Å²) in [6, 6.07) is 8.34. The predicted octanol–water partition coefficient (Wildman–Crippen LogP) is 2.61. The molecular formula is C26H32N6O3. The Labute approximate surface area is 204 Å². The molecule has 0 aliphatic carbocycles. The molecule has 4 aromatic rings. The number of fused-ring (bicyclic) bond motifs is 2. The molecule has 184 valence electrons. The summed E-state index contributed by atoms with van der Waals surface area (Å²) in [6.45, 7) is 11.6. The lowest BCUT2D eigenvalue weighted by molar-refractivity contribution is 0.0895. The molecule has 4 heterocycles. The first-order valence-electron chi connectivity index (χ1n) is 12.1. The van der Waals surface area contributed by atoms with Crippen molar-refractivity contribution in [2.24, 2.45) is 5.73 Å². The second kappa shape index (κ2) is 9.77. The van der Waals surface area contributed by atoms with Gasteiger partial charge >= 0.3 is 5.63 Å². The summed E-state index contributed by atoms with van der Waals surface area (Å²) in [4.78, 5) is 26.8. The van der Waals surface area contributed by atoms with Gasteiger partial charge in [0.1, 0.15) is 5.58 Å². The zero-order valence-corrected chi connectivity index (χ0v) is 20.5. The third-order valence-corrected chi connectivity index (χ3v) is 6.64. The minimum Gasteiger partial charge on any atom is -0.422 e. The van der Waals surface area contributed by atoms with Crippen molar-refractivity contribution < 1.29 is 9.15 Å². The van der Waals surface area contributed by atoms with E-state index in [4.69, 9.17) is 14.9 Å². The molecular weight excluding hydrogens is 444 g/mol. The first kappa shape index (κ1) is 23.5. The van der Waals surface area contributed by atoms with Crippen LogP contribution in [0.2, 0.25) is 0 Å². The van der Waals surface area contributed by atoms with Crippen LogP contribution in [-0.2, 0) is 4.74 Å². The van der Waals surface area contributed by atoms with Gasteiger partial charge in [0, 0.05) is 68.3 Å². The average molecular weight is 477 g/mol. The quantitative estimate of drug-likeness (QED) is 0.321. The first-order valence-corrected chi connectivity index (χ1v) is 12.1. The van der Waals surface area contributed by atoms with E-state index in [0.717, 1.165) is 54.3 Å². The van der Waals surface area contributed by atoms with Crippen LogP contribution in [0.25, 0.3) is 27.9 Å². The summed E-state index contributed by atoms with van der Waals surface area (Å²) in [7, 11) is 0. The van der Waals surface area contributed by atoms with Crippen LogP contribution in [0.4, 0.5) is 5.69 Å². The number of hydrogen-bond donors (Lipinski definition) is 1. The Morgan fingerprint density at radius 1 is 1.14 bits per heavy atom. The minimum atomic E-state index is -0.393. The van der Waals surface area contributed by atoms with Gasteiger partial charge in [-0.05, 0) is 39.0 Å². The van der Waals surface area contributed by atoms with Gasteiger partial charge in [0.05, 0.1) is 35.9 Å². The Balaban J connectivity index is 1.36. The number of rotatable bonds is 7. The molecule has 1 saturated heterocycles. The normalized spacial score (nSPS) is 17.0. The van der Waals surface area contributed by atoms with Crippen molar-refractivity contribution in [3.63, 3.8) is 0 Å². The van der Waals surface area contributed by atoms with Crippen molar-refractivity contribution in [2.75, 3.05) is 50.8 Å². The Morgan fingerprint density at radius 2 is 2.00 bits per heavy atom. The molecule has 1 atom stereocenters. The smallest absolute Gasteiger partial charge is 0.345 e. The van der Waals surface area contributed by atoms with Gasteiger partial charge in [-0.3, -0.25) is 9.88 Å². The lowest BCUT2D eigenvalue weighted by Crippen LogP contribution is -2.52. The van der Waals surface area contributed by atoms with Crippen molar-refractivity contribution in [3.8, 4) is 11.3 Å². The molecule has 0 bridgehead atoms. The Morgan fingerprint density at radius 3 is 2.80 bits per heavy atom. The minimum absolute atomic E-state index is 0.393. The van der Waals surface area contributed by atoms with Crippen LogP contribution in [0, 0.1) is 13.8 Å². The third kappa shape index (κ3) is 4.80. The summed E-state index contributed by atoms with van der Waals surface area (Å²) in [6.07, 6.45) is 3.76. The number of benzene rings is 1. The van der Waals surface area contributed by atoms with Crippen LogP contribution >= 0.6 is 0 Å². The van der Waals surface area contributed by atoms with Gasteiger partial charge in [-0.2, -0.15) is 0 Å². The molecule has 3 aromatic heterocycles. The van der Waals surface area contributed by atoms with E-state index >= 15 is 0 Å². The van der Waals surface area contributed by atoms with E-state index in [2.05, 4.69) is 32.8 Å². The molecule has 1 aliphatic rings. The molecule has 0 unspecified atom stereocenters. The van der Waals surface area contributed by atoms with Crippen LogP contribution in [0.1, 0.15) is 18.3 Å². The van der Waals surface area contributed by atoms with Gasteiger partial charge in [0.15, 0.2) is 5.65 Å². The Hall–Kier alpha value is -3.27. The molecule has 0 radical (unpaired) electrons. The van der Waals surface area contributed by atoms with Gasteiger partial charge in [-0.15, -0.1) is 0 Å². The number of aryl methyl sites for hydroxylation is 2. The van der Waals surface area contributed by atoms with Crippen molar-refractivity contribution >= 4 is 22.3 Å². The molecule has 1 fully saturated rings. The number of ether oxygens (including phenoxy) is 1. The fourth-order valence-electron chi connectivity index (χ4n) is 4.84. The highest BCUT2D eigenvalue weighted by atomic mass is 16.5. The highest BCUT2D eigenvalue weighted by Crippen LogP contribution is 2.27. The summed E-state index contributed by atoms with van der Waals surface area (Å²) in [5.41, 5.74) is 10.2. The SMILES string of the molecule is Cc1cn2cc(-c3cc4ccc(N5CCN(CCOCCN)[C@@H](C)C5)cc4oc3=O)nc2c(C)n1. The van der Waals surface area contributed by atoms with E-state index in [0.29, 0.717) is 42.6 Å². The summed E-state index contributed by atoms with van der Waals surface area (Å²) in [5.74, 6) is 0. The molecule has 2 N–H and O–H groups in total. The molecule has 1 aliphatic heterocycles. The third-order valence-electron chi connectivity index (χ3n) is 6.64. The lowest BCUT2D eigenvalue weighted by atomic mass is 10.1. The molecule has 1 aromatic carbocycles. The number of anilines is 1. The summed E-state index contributed by atoms with van der Waals surface area (Å²) in [5, 5.41) is 0.871. The number of aromatic nitrogens is 3. The predicted molar refractivity (Wildman–Crippen MR) is 137 cm³/mol. The van der Waals surface area contributed by atoms with Gasteiger partial charge in [0.25, 0.3) is 0 Å². The molecule has 0 spiro atoms. The van der Waals surface area contributed by atoms with E-state index in [-0.39, 0.29) is 0 Å². The van der Waals surface area contributed by atoms with Crippen LogP contribution in [-0.4, -0.2) is 71.2 Å². The van der Waals surface area contributed by atoms with E-state index in [1.165, 1.54) is 0 Å². The van der Waals surface area contributed by atoms with Crippen molar-refractivity contribution in [1.82, 2.24) is 19.3 Å². The van der Waals surface area contributed by atoms with Crippen molar-refractivity contribution in [1.29, 1.82) is 0 Å². The lowest BCUT2D eigenvalue weighted by Gasteiger charge is -2.41. The van der Waals surface area contributed by atoms with Crippen LogP contribution in [0.15, 0.2) is 45.9 Å². The second-order valence-electron chi connectivity index (χ2n) is 9.23. The highest BCUT2D eigenvalue weighted by molar-refractivity contribution is 5.84. The molecule has 0 amide bonds. The average Bonchev–Trinajstić information content (AvgIpc) is 3.26. The highest BCUT2D eigenvalue weighted by Gasteiger charge is 2.24. The van der Waals surface area contributed by atoms with Crippen LogP contribution in [0.5, 0.6) is 0 Å². The molecule has 5 rings (SSSR count). The number of piperazine rings is 1. The summed E-state index contributed by atoms with van der Waals surface area (Å²) < 4.78 is 13.2. The Kier molecular flexibility index (Phi) is 6.55. The number of nitrogens with two attached hydrogens (primary N) is 1. The fraction of sp³-hybridized carbons (Fsp3) is 0.423. The van der Waals surface area contributed by atoms with Crippen molar-refractivity contribution in [2.45, 2.75) is 26.8 Å². The monoisotopic (exact) mass is 476 g/mol. The zero-order valence-electron chi connectivity index (χ0n) is 20.5. The number of imidazole rings is 1. The second-order valence-corrected chi connectivity index (χ2v) is 9.23. The van der Waals surface area contributed by atoms with Gasteiger partial charge < -0.3 is 24.2 Å². The summed E-state index contributed by atoms with van der Waals surface area (Å²) >= 11 is 0. The molecule has 35 heavy (non-hydrogen) atoms. The largest absolute Gasteiger partial charge is 0.422 e. The fourth-order valence-corrected chi connectivity index (χ4v) is 4.84. The van der Waals surface area contributed by atoms with Gasteiger partial charge in [0.2, 0.25) is 0 Å². The zero-order chi connectivity index (χ0) is 24.5. The topological polar surface area (TPSA) is 102 Å². The maximum Gasteiger partial charge on any atom is 0.345 e. The van der Waals surface area contributed by atoms with Crippen molar-refractivity contribution in [3.05, 3.63) is 58.5 Å². The van der Waals surface area contributed by atoms with Gasteiger partial charge in [-0.1, -0.05) is 0 Å². The van der Waals surface area contributed by atoms with Crippen LogP contribution < -0.4 is 16.3 Å². The Bertz CT molecular complexity index is 1410. The van der Waals surface area contributed by atoms with E-state index < -0.39 is 5.63 Å². The van der Waals surface area contributed by atoms with Gasteiger partial charge in [-0.25, -0.2) is 9.78 Å². The van der Waals surface area contributed by atoms with E-state index in [1.54, 1.807) is 0 Å².